The molecule has 3 amide bonds. The number of aromatic nitrogens is 4. The van der Waals surface area contributed by atoms with E-state index in [0.717, 1.165) is 32.1 Å². The summed E-state index contributed by atoms with van der Waals surface area (Å²) in [6, 6.07) is 6.97. The smallest absolute Gasteiger partial charge is 0.321 e. The van der Waals surface area contributed by atoms with Crippen LogP contribution in [0.1, 0.15) is 59.3 Å². The Kier molecular flexibility index (Phi) is 8.10. The third kappa shape index (κ3) is 5.52. The molecular weight excluding hydrogens is 464 g/mol. The lowest BCUT2D eigenvalue weighted by Crippen LogP contribution is -2.49. The van der Waals surface area contributed by atoms with Crippen LogP contribution in [0, 0.1) is 11.8 Å². The van der Waals surface area contributed by atoms with Crippen molar-refractivity contribution in [3.05, 3.63) is 34.6 Å². The zero-order chi connectivity index (χ0) is 24.9. The molecule has 2 aromatic heterocycles. The summed E-state index contributed by atoms with van der Waals surface area (Å²) in [4.78, 5) is 38.0. The summed E-state index contributed by atoms with van der Waals surface area (Å²) in [6.07, 6.45) is 6.12. The topological polar surface area (TPSA) is 110 Å². The number of thioether (sulfide) groups is 1. The van der Waals surface area contributed by atoms with Gasteiger partial charge in [0.2, 0.25) is 11.7 Å². The van der Waals surface area contributed by atoms with Gasteiger partial charge in [0.05, 0.1) is 16.7 Å². The van der Waals surface area contributed by atoms with Crippen molar-refractivity contribution in [1.29, 1.82) is 0 Å². The first-order valence-corrected chi connectivity index (χ1v) is 13.5. The van der Waals surface area contributed by atoms with Crippen LogP contribution in [0.4, 0.5) is 4.79 Å². The van der Waals surface area contributed by atoms with E-state index in [-0.39, 0.29) is 17.4 Å². The summed E-state index contributed by atoms with van der Waals surface area (Å²) in [5.74, 6) is 1.00. The summed E-state index contributed by atoms with van der Waals surface area (Å²) in [6.45, 7) is 7.03. The number of nitrogens with one attached hydrogen (secondary N) is 2. The second-order valence-corrected chi connectivity index (χ2v) is 10.4. The largest absolute Gasteiger partial charge is 0.335 e. The highest BCUT2D eigenvalue weighted by molar-refractivity contribution is 7.99. The Balaban J connectivity index is 1.48. The highest BCUT2D eigenvalue weighted by atomic mass is 32.2. The summed E-state index contributed by atoms with van der Waals surface area (Å²) in [5.41, 5.74) is 0.610. The number of aryl methyl sites for hydroxylation is 1. The predicted octanol–water partition coefficient (Wildman–Crippen LogP) is 3.98. The van der Waals surface area contributed by atoms with E-state index in [1.54, 1.807) is 10.6 Å². The van der Waals surface area contributed by atoms with Crippen molar-refractivity contribution in [2.75, 3.05) is 5.75 Å². The van der Waals surface area contributed by atoms with E-state index in [2.05, 4.69) is 41.6 Å². The minimum atomic E-state index is -0.456. The number of unbranched alkanes of at least 4 members (excludes halogenated alkanes) is 2. The van der Waals surface area contributed by atoms with Crippen molar-refractivity contribution in [3.8, 4) is 0 Å². The van der Waals surface area contributed by atoms with Crippen molar-refractivity contribution in [3.63, 3.8) is 0 Å². The van der Waals surface area contributed by atoms with E-state index in [1.165, 1.54) is 18.2 Å². The number of hydrogen-bond acceptors (Lipinski definition) is 6. The van der Waals surface area contributed by atoms with E-state index in [4.69, 9.17) is 0 Å². The van der Waals surface area contributed by atoms with Crippen molar-refractivity contribution in [1.82, 2.24) is 29.8 Å². The summed E-state index contributed by atoms with van der Waals surface area (Å²) in [5, 5.41) is 15.1. The molecule has 0 bridgehead atoms. The molecule has 9 nitrogen and oxygen atoms in total. The molecule has 188 valence electrons. The Bertz CT molecular complexity index is 1270. The molecule has 0 unspecified atom stereocenters. The van der Waals surface area contributed by atoms with Gasteiger partial charge in [-0.2, -0.15) is 0 Å². The lowest BCUT2D eigenvalue weighted by atomic mass is 9.78. The molecule has 0 spiro atoms. The van der Waals surface area contributed by atoms with E-state index >= 15 is 0 Å². The minimum Gasteiger partial charge on any atom is -0.335 e. The van der Waals surface area contributed by atoms with Gasteiger partial charge in [-0.25, -0.2) is 4.79 Å². The number of rotatable bonds is 8. The van der Waals surface area contributed by atoms with Gasteiger partial charge in [0, 0.05) is 12.6 Å². The van der Waals surface area contributed by atoms with Crippen LogP contribution in [0.15, 0.2) is 34.2 Å². The first-order valence-electron chi connectivity index (χ1n) is 12.5. The van der Waals surface area contributed by atoms with Gasteiger partial charge in [0.25, 0.3) is 5.56 Å². The quantitative estimate of drug-likeness (QED) is 0.359. The molecule has 0 saturated heterocycles. The number of imide groups is 1. The van der Waals surface area contributed by atoms with Gasteiger partial charge in [-0.15, -0.1) is 10.2 Å². The summed E-state index contributed by atoms with van der Waals surface area (Å²) >= 11 is 1.19. The Morgan fingerprint density at radius 1 is 1.14 bits per heavy atom. The Morgan fingerprint density at radius 3 is 2.74 bits per heavy atom. The van der Waals surface area contributed by atoms with Crippen molar-refractivity contribution < 1.29 is 9.59 Å². The second kappa shape index (κ2) is 11.2. The fraction of sp³-hybridized carbons (Fsp3) is 0.560. The third-order valence-electron chi connectivity index (χ3n) is 7.07. The summed E-state index contributed by atoms with van der Waals surface area (Å²) < 4.78 is 3.49. The molecule has 2 heterocycles. The average Bonchev–Trinajstić information content (AvgIpc) is 3.27. The van der Waals surface area contributed by atoms with Crippen LogP contribution in [0.2, 0.25) is 0 Å². The number of nitrogens with zero attached hydrogens (tertiary/aromatic N) is 4. The first-order chi connectivity index (χ1) is 16.9. The summed E-state index contributed by atoms with van der Waals surface area (Å²) in [7, 11) is 0. The number of urea groups is 1. The lowest BCUT2D eigenvalue weighted by molar-refractivity contribution is -0.117. The van der Waals surface area contributed by atoms with Crippen LogP contribution in [0.25, 0.3) is 16.7 Å². The van der Waals surface area contributed by atoms with Crippen LogP contribution in [-0.2, 0) is 11.3 Å². The van der Waals surface area contributed by atoms with Crippen LogP contribution in [0.5, 0.6) is 0 Å². The molecule has 2 N–H and O–H groups in total. The SMILES string of the molecule is CCCCCn1c(=O)c2ccccc2n2c(SCC(=O)NC(=O)N[C@@H]3CCC[C@H](C)[C@H]3C)nnc12. The zero-order valence-corrected chi connectivity index (χ0v) is 21.4. The minimum absolute atomic E-state index is 0.00806. The fourth-order valence-electron chi connectivity index (χ4n) is 4.83. The number of hydrogen-bond donors (Lipinski definition) is 2. The van der Waals surface area contributed by atoms with Crippen molar-refractivity contribution in [2.45, 2.75) is 77.0 Å². The maximum Gasteiger partial charge on any atom is 0.321 e. The molecule has 3 aromatic rings. The second-order valence-electron chi connectivity index (χ2n) is 9.48. The maximum absolute atomic E-state index is 13.1. The van der Waals surface area contributed by atoms with Gasteiger partial charge in [-0.05, 0) is 36.8 Å². The molecule has 4 rings (SSSR count). The standard InChI is InChI=1S/C25H34N6O3S/c1-4-5-8-14-30-22(33)18-11-6-7-13-20(18)31-24(30)28-29-25(31)35-15-21(32)27-23(34)26-19-12-9-10-16(2)17(19)3/h6-7,11,13,16-17,19H,4-5,8-10,12,14-15H2,1-3H3,(H2,26,27,32,34)/t16-,17+,19+/m0/s1. The zero-order valence-electron chi connectivity index (χ0n) is 20.6. The van der Waals surface area contributed by atoms with Gasteiger partial charge in [0.15, 0.2) is 5.16 Å². The molecule has 0 radical (unpaired) electrons. The van der Waals surface area contributed by atoms with E-state index in [1.807, 2.05) is 22.6 Å². The number of carbonyl (C=O) groups excluding carboxylic acids is 2. The average molecular weight is 499 g/mol. The van der Waals surface area contributed by atoms with Crippen molar-refractivity contribution in [2.24, 2.45) is 11.8 Å². The molecule has 10 heteroatoms. The van der Waals surface area contributed by atoms with E-state index in [0.29, 0.717) is 40.2 Å². The highest BCUT2D eigenvalue weighted by Gasteiger charge is 2.28. The Hall–Kier alpha value is -2.88. The molecule has 1 aromatic carbocycles. The molecule has 1 aliphatic carbocycles. The molecule has 1 fully saturated rings. The molecule has 3 atom stereocenters. The number of fused-ring (bicyclic) bond motifs is 3. The van der Waals surface area contributed by atoms with Gasteiger partial charge in [0.1, 0.15) is 0 Å². The molecular formula is C25H34N6O3S. The normalized spacial score (nSPS) is 20.3. The monoisotopic (exact) mass is 498 g/mol. The number of para-hydroxylation sites is 1. The predicted molar refractivity (Wildman–Crippen MR) is 138 cm³/mol. The maximum atomic E-state index is 13.1. The van der Waals surface area contributed by atoms with Crippen LogP contribution in [-0.4, -0.2) is 42.9 Å². The van der Waals surface area contributed by atoms with Crippen LogP contribution in [0.3, 0.4) is 0 Å². The molecule has 0 aliphatic heterocycles. The van der Waals surface area contributed by atoms with Crippen molar-refractivity contribution >= 4 is 40.4 Å². The molecule has 1 aliphatic rings. The van der Waals surface area contributed by atoms with Crippen LogP contribution < -0.4 is 16.2 Å². The highest BCUT2D eigenvalue weighted by Crippen LogP contribution is 2.29. The van der Waals surface area contributed by atoms with Gasteiger partial charge < -0.3 is 5.32 Å². The van der Waals surface area contributed by atoms with Gasteiger partial charge in [-0.1, -0.05) is 70.3 Å². The van der Waals surface area contributed by atoms with Gasteiger partial charge >= 0.3 is 6.03 Å². The lowest BCUT2D eigenvalue weighted by Gasteiger charge is -2.34. The van der Waals surface area contributed by atoms with Crippen LogP contribution >= 0.6 is 11.8 Å². The van der Waals surface area contributed by atoms with Gasteiger partial charge in [-0.3, -0.25) is 23.9 Å². The number of amides is 3. The Morgan fingerprint density at radius 2 is 1.94 bits per heavy atom. The molecule has 35 heavy (non-hydrogen) atoms. The first kappa shape index (κ1) is 25.2. The number of carbonyl (C=O) groups is 2. The van der Waals surface area contributed by atoms with E-state index in [9.17, 15) is 14.4 Å². The third-order valence-corrected chi connectivity index (χ3v) is 8.00. The number of benzene rings is 1. The fourth-order valence-corrected chi connectivity index (χ4v) is 5.57. The van der Waals surface area contributed by atoms with E-state index < -0.39 is 11.9 Å². The Labute approximate surface area is 209 Å². The molecule has 1 saturated carbocycles.